The fourth-order valence-corrected chi connectivity index (χ4v) is 3.82. The van der Waals surface area contributed by atoms with Crippen molar-refractivity contribution in [3.05, 3.63) is 56.0 Å². The Bertz CT molecular complexity index is 797. The Morgan fingerprint density at radius 2 is 1.89 bits per heavy atom. The molecular formula is C18H20N2O7S. The lowest BCUT2D eigenvalue weighted by Gasteiger charge is -2.38. The Balaban J connectivity index is 1.74. The predicted octanol–water partition coefficient (Wildman–Crippen LogP) is 2.07. The van der Waals surface area contributed by atoms with E-state index in [-0.39, 0.29) is 6.54 Å². The van der Waals surface area contributed by atoms with Gasteiger partial charge in [0.1, 0.15) is 36.4 Å². The highest BCUT2D eigenvalue weighted by Gasteiger charge is 2.47. The summed E-state index contributed by atoms with van der Waals surface area (Å²) in [5.41, 5.74) is 1.03. The molecule has 1 saturated heterocycles. The van der Waals surface area contributed by atoms with E-state index in [1.807, 2.05) is 29.6 Å². The molecule has 0 radical (unpaired) electrons. The van der Waals surface area contributed by atoms with Gasteiger partial charge in [0.25, 0.3) is 0 Å². The third-order valence-electron chi connectivity index (χ3n) is 4.52. The fraction of sp³-hybridized carbons (Fsp3) is 0.444. The summed E-state index contributed by atoms with van der Waals surface area (Å²) in [6.45, 7) is -0.387. The molecule has 2 N–H and O–H groups in total. The second-order valence-corrected chi connectivity index (χ2v) is 7.28. The summed E-state index contributed by atoms with van der Waals surface area (Å²) >= 11 is 1.47. The lowest BCUT2D eigenvalue weighted by Crippen LogP contribution is -2.59. The predicted molar refractivity (Wildman–Crippen MR) is 102 cm³/mol. The van der Waals surface area contributed by atoms with Crippen molar-refractivity contribution >= 4 is 11.3 Å². The van der Waals surface area contributed by atoms with Crippen molar-refractivity contribution in [3.8, 4) is 11.5 Å². The molecule has 3 rings (SSSR count). The van der Waals surface area contributed by atoms with Crippen LogP contribution in [0.1, 0.15) is 10.4 Å². The SMILES string of the molecule is COc1ccc(Cc2sccc2OC2OC(CN=O)[C@H](O)C(N=O)[C@@H]2O)cc1. The number of hydrogen-bond acceptors (Lipinski definition) is 10. The van der Waals surface area contributed by atoms with Crippen LogP contribution in [-0.4, -0.2) is 54.5 Å². The summed E-state index contributed by atoms with van der Waals surface area (Å²) in [7, 11) is 1.60. The molecule has 0 amide bonds. The van der Waals surface area contributed by atoms with E-state index in [9.17, 15) is 20.0 Å². The Hall–Kier alpha value is -2.40. The zero-order chi connectivity index (χ0) is 20.1. The molecule has 3 unspecified atom stereocenters. The van der Waals surface area contributed by atoms with Gasteiger partial charge in [0.05, 0.1) is 12.0 Å². The van der Waals surface area contributed by atoms with E-state index in [1.54, 1.807) is 13.2 Å². The summed E-state index contributed by atoms with van der Waals surface area (Å²) in [5, 5.41) is 27.6. The molecule has 0 saturated carbocycles. The summed E-state index contributed by atoms with van der Waals surface area (Å²) < 4.78 is 16.4. The normalized spacial score (nSPS) is 27.2. The molecule has 1 fully saturated rings. The second kappa shape index (κ2) is 9.20. The smallest absolute Gasteiger partial charge is 0.228 e. The van der Waals surface area contributed by atoms with Crippen LogP contribution in [0.15, 0.2) is 46.1 Å². The summed E-state index contributed by atoms with van der Waals surface area (Å²) in [4.78, 5) is 22.5. The third-order valence-corrected chi connectivity index (χ3v) is 5.42. The number of thiophene rings is 1. The molecular weight excluding hydrogens is 388 g/mol. The maximum Gasteiger partial charge on any atom is 0.228 e. The number of nitroso groups, excluding NO2 is 2. The monoisotopic (exact) mass is 408 g/mol. The number of methoxy groups -OCH3 is 1. The highest BCUT2D eigenvalue weighted by Crippen LogP contribution is 2.32. The van der Waals surface area contributed by atoms with E-state index in [2.05, 4.69) is 10.4 Å². The van der Waals surface area contributed by atoms with Gasteiger partial charge in [-0.15, -0.1) is 11.3 Å². The average molecular weight is 408 g/mol. The van der Waals surface area contributed by atoms with Gasteiger partial charge in [-0.1, -0.05) is 22.5 Å². The van der Waals surface area contributed by atoms with E-state index in [0.29, 0.717) is 12.2 Å². The van der Waals surface area contributed by atoms with Crippen LogP contribution < -0.4 is 9.47 Å². The number of aliphatic hydroxyl groups excluding tert-OH is 2. The summed E-state index contributed by atoms with van der Waals surface area (Å²) in [5.74, 6) is 1.23. The van der Waals surface area contributed by atoms with Crippen molar-refractivity contribution in [1.29, 1.82) is 0 Å². The number of ether oxygens (including phenoxy) is 3. The number of rotatable bonds is 8. The molecule has 0 bridgehead atoms. The fourth-order valence-electron chi connectivity index (χ4n) is 2.98. The lowest BCUT2D eigenvalue weighted by atomic mass is 9.97. The standard InChI is InChI=1S/C18H20N2O7S/c1-25-11-4-2-10(3-5-11)8-14-12(6-7-28-14)26-18-17(22)15(20-24)16(21)13(27-18)9-19-23/h2-7,13,15-18,21-22H,8-9H2,1H3/t13?,15?,16-,17-,18?/m0/s1. The first kappa shape index (κ1) is 20.3. The molecule has 0 aliphatic carbocycles. The quantitative estimate of drug-likeness (QED) is 0.640. The van der Waals surface area contributed by atoms with Crippen molar-refractivity contribution in [2.75, 3.05) is 13.7 Å². The minimum absolute atomic E-state index is 0.387. The van der Waals surface area contributed by atoms with E-state index in [4.69, 9.17) is 14.2 Å². The van der Waals surface area contributed by atoms with Gasteiger partial charge in [0.15, 0.2) is 6.04 Å². The minimum atomic E-state index is -1.48. The number of hydrogen-bond donors (Lipinski definition) is 2. The van der Waals surface area contributed by atoms with Crippen molar-refractivity contribution in [3.63, 3.8) is 0 Å². The van der Waals surface area contributed by atoms with Gasteiger partial charge in [-0.25, -0.2) is 0 Å². The van der Waals surface area contributed by atoms with Gasteiger partial charge < -0.3 is 24.4 Å². The number of benzene rings is 1. The van der Waals surface area contributed by atoms with E-state index >= 15 is 0 Å². The topological polar surface area (TPSA) is 127 Å². The van der Waals surface area contributed by atoms with Crippen LogP contribution >= 0.6 is 11.3 Å². The maximum absolute atomic E-state index is 11.0. The zero-order valence-corrected chi connectivity index (χ0v) is 15.8. The molecule has 28 heavy (non-hydrogen) atoms. The van der Waals surface area contributed by atoms with Crippen LogP contribution in [0.3, 0.4) is 0 Å². The van der Waals surface area contributed by atoms with Crippen LogP contribution in [0.2, 0.25) is 0 Å². The molecule has 9 nitrogen and oxygen atoms in total. The van der Waals surface area contributed by atoms with Crippen molar-refractivity contribution in [2.24, 2.45) is 10.4 Å². The zero-order valence-electron chi connectivity index (χ0n) is 15.0. The van der Waals surface area contributed by atoms with Gasteiger partial charge in [0, 0.05) is 6.42 Å². The van der Waals surface area contributed by atoms with Gasteiger partial charge in [-0.3, -0.25) is 0 Å². The first-order chi connectivity index (χ1) is 13.6. The van der Waals surface area contributed by atoms with Crippen molar-refractivity contribution in [2.45, 2.75) is 37.1 Å². The van der Waals surface area contributed by atoms with E-state index in [1.165, 1.54) is 11.3 Å². The van der Waals surface area contributed by atoms with E-state index in [0.717, 1.165) is 16.2 Å². The Labute approximate surface area is 164 Å². The molecule has 1 aliphatic rings. The molecule has 1 aromatic heterocycles. The lowest BCUT2D eigenvalue weighted by molar-refractivity contribution is -0.237. The Kier molecular flexibility index (Phi) is 6.68. The summed E-state index contributed by atoms with van der Waals surface area (Å²) in [6, 6.07) is 7.92. The maximum atomic E-state index is 11.0. The largest absolute Gasteiger partial charge is 0.497 e. The molecule has 150 valence electrons. The van der Waals surface area contributed by atoms with Crippen molar-refractivity contribution < 1.29 is 24.4 Å². The molecule has 0 spiro atoms. The highest BCUT2D eigenvalue weighted by atomic mass is 32.1. The highest BCUT2D eigenvalue weighted by molar-refractivity contribution is 7.10. The van der Waals surface area contributed by atoms with Crippen molar-refractivity contribution in [1.82, 2.24) is 0 Å². The molecule has 2 aromatic rings. The third kappa shape index (κ3) is 4.36. The Morgan fingerprint density at radius 3 is 2.54 bits per heavy atom. The Morgan fingerprint density at radius 1 is 1.14 bits per heavy atom. The average Bonchev–Trinajstić information content (AvgIpc) is 3.13. The van der Waals surface area contributed by atoms with Crippen LogP contribution in [-0.2, 0) is 11.2 Å². The molecule has 5 atom stereocenters. The van der Waals surface area contributed by atoms with Gasteiger partial charge >= 0.3 is 0 Å². The van der Waals surface area contributed by atoms with Crippen LogP contribution in [0, 0.1) is 9.81 Å². The van der Waals surface area contributed by atoms with Gasteiger partial charge in [0.2, 0.25) is 6.29 Å². The first-order valence-electron chi connectivity index (χ1n) is 8.56. The first-order valence-corrected chi connectivity index (χ1v) is 9.44. The number of nitrogens with zero attached hydrogens (tertiary/aromatic N) is 2. The van der Waals surface area contributed by atoms with Crippen LogP contribution in [0.25, 0.3) is 0 Å². The van der Waals surface area contributed by atoms with Gasteiger partial charge in [-0.2, -0.15) is 9.81 Å². The number of aliphatic hydroxyl groups is 2. The van der Waals surface area contributed by atoms with Crippen LogP contribution in [0.5, 0.6) is 11.5 Å². The molecule has 2 heterocycles. The minimum Gasteiger partial charge on any atom is -0.497 e. The van der Waals surface area contributed by atoms with E-state index < -0.39 is 30.6 Å². The van der Waals surface area contributed by atoms with Crippen LogP contribution in [0.4, 0.5) is 0 Å². The summed E-state index contributed by atoms with van der Waals surface area (Å²) in [6.07, 6.45) is -4.69. The molecule has 1 aromatic carbocycles. The molecule has 1 aliphatic heterocycles. The van der Waals surface area contributed by atoms with Gasteiger partial charge in [-0.05, 0) is 29.1 Å². The second-order valence-electron chi connectivity index (χ2n) is 6.28. The molecule has 10 heteroatoms.